The lowest BCUT2D eigenvalue weighted by Gasteiger charge is -2.53. The topological polar surface area (TPSA) is 33.5 Å². The molecule has 0 bridgehead atoms. The maximum atomic E-state index is 4.27. The third kappa shape index (κ3) is 3.28. The van der Waals surface area contributed by atoms with Crippen molar-refractivity contribution in [3.8, 4) is 0 Å². The van der Waals surface area contributed by atoms with Crippen LogP contribution in [0.4, 0.5) is 0 Å². The van der Waals surface area contributed by atoms with Gasteiger partial charge in [0.1, 0.15) is 14.1 Å². The molecule has 0 amide bonds. The lowest BCUT2D eigenvalue weighted by Crippen LogP contribution is -2.41. The summed E-state index contributed by atoms with van der Waals surface area (Å²) in [5.74, 6) is 1.59. The van der Waals surface area contributed by atoms with Gasteiger partial charge in [-0.15, -0.1) is 0 Å². The zero-order chi connectivity index (χ0) is 20.5. The fraction of sp³-hybridized carbons (Fsp3) is 0.231. The average molecular weight is 395 g/mol. The van der Waals surface area contributed by atoms with Crippen molar-refractivity contribution in [1.82, 2.24) is 9.97 Å². The molecule has 0 unspecified atom stereocenters. The molecule has 0 radical (unpaired) electrons. The molecular formula is C26H26N4+2. The van der Waals surface area contributed by atoms with Gasteiger partial charge < -0.3 is 0 Å². The summed E-state index contributed by atoms with van der Waals surface area (Å²) in [4.78, 5) is 8.53. The van der Waals surface area contributed by atoms with Crippen LogP contribution in [0.5, 0.6) is 0 Å². The first-order valence-electron chi connectivity index (χ1n) is 10.4. The summed E-state index contributed by atoms with van der Waals surface area (Å²) < 4.78 is 4.19. The summed E-state index contributed by atoms with van der Waals surface area (Å²) in [6.45, 7) is 0. The van der Waals surface area contributed by atoms with E-state index < -0.39 is 0 Å². The number of hydrogen-bond acceptors (Lipinski definition) is 2. The number of aromatic nitrogens is 4. The highest BCUT2D eigenvalue weighted by Gasteiger charge is 2.53. The van der Waals surface area contributed by atoms with Gasteiger partial charge in [-0.2, -0.15) is 0 Å². The van der Waals surface area contributed by atoms with Crippen LogP contribution in [0.15, 0.2) is 98.1 Å². The first kappa shape index (κ1) is 18.6. The summed E-state index contributed by atoms with van der Waals surface area (Å²) in [5, 5.41) is 0. The second-order valence-electron chi connectivity index (χ2n) is 8.26. The molecule has 0 spiro atoms. The highest BCUT2D eigenvalue weighted by atomic mass is 14.9. The molecule has 0 aromatic carbocycles. The van der Waals surface area contributed by atoms with Gasteiger partial charge in [0, 0.05) is 49.1 Å². The van der Waals surface area contributed by atoms with Crippen LogP contribution in [0.3, 0.4) is 0 Å². The first-order chi connectivity index (χ1) is 14.7. The molecule has 5 rings (SSSR count). The van der Waals surface area contributed by atoms with Crippen LogP contribution in [0, 0.1) is 0 Å². The number of pyridine rings is 4. The van der Waals surface area contributed by atoms with Crippen molar-refractivity contribution in [1.29, 1.82) is 0 Å². The Morgan fingerprint density at radius 1 is 0.467 bits per heavy atom. The second-order valence-corrected chi connectivity index (χ2v) is 8.26. The molecule has 1 fully saturated rings. The van der Waals surface area contributed by atoms with E-state index in [4.69, 9.17) is 0 Å². The normalized spacial score (nSPS) is 23.0. The maximum Gasteiger partial charge on any atom is 0.168 e. The molecule has 0 aliphatic heterocycles. The number of aryl methyl sites for hydroxylation is 2. The van der Waals surface area contributed by atoms with E-state index in [-0.39, 0.29) is 0 Å². The van der Waals surface area contributed by atoms with Gasteiger partial charge in [-0.3, -0.25) is 9.97 Å². The van der Waals surface area contributed by atoms with Crippen molar-refractivity contribution in [3.63, 3.8) is 0 Å². The summed E-state index contributed by atoms with van der Waals surface area (Å²) >= 11 is 0. The fourth-order valence-electron chi connectivity index (χ4n) is 5.05. The molecular weight excluding hydrogens is 368 g/mol. The predicted octanol–water partition coefficient (Wildman–Crippen LogP) is 3.57. The average Bonchev–Trinajstić information content (AvgIpc) is 2.77. The summed E-state index contributed by atoms with van der Waals surface area (Å²) in [6, 6.07) is 17.8. The van der Waals surface area contributed by atoms with E-state index in [0.717, 1.165) is 0 Å². The summed E-state index contributed by atoms with van der Waals surface area (Å²) in [5.41, 5.74) is 5.47. The van der Waals surface area contributed by atoms with Gasteiger partial charge in [0.05, 0.1) is 0 Å². The SMILES string of the molecule is C[n+]1ccc(C2C(c3ccncc3)C(c3cc[n+](C)cc3)C2c2ccncc2)cc1. The predicted molar refractivity (Wildman–Crippen MR) is 115 cm³/mol. The first-order valence-corrected chi connectivity index (χ1v) is 10.4. The molecule has 4 aromatic rings. The van der Waals surface area contributed by atoms with E-state index in [1.165, 1.54) is 22.3 Å². The van der Waals surface area contributed by atoms with Crippen molar-refractivity contribution < 1.29 is 9.13 Å². The van der Waals surface area contributed by atoms with Gasteiger partial charge in [-0.25, -0.2) is 9.13 Å². The molecule has 0 atom stereocenters. The van der Waals surface area contributed by atoms with Crippen molar-refractivity contribution in [2.45, 2.75) is 23.7 Å². The van der Waals surface area contributed by atoms with Crippen LogP contribution >= 0.6 is 0 Å². The van der Waals surface area contributed by atoms with E-state index in [1.807, 2.05) is 24.8 Å². The van der Waals surface area contributed by atoms with Crippen molar-refractivity contribution in [2.24, 2.45) is 14.1 Å². The van der Waals surface area contributed by atoms with Crippen LogP contribution in [-0.4, -0.2) is 9.97 Å². The Labute approximate surface area is 177 Å². The van der Waals surface area contributed by atoms with Crippen LogP contribution in [-0.2, 0) is 14.1 Å². The van der Waals surface area contributed by atoms with Gasteiger partial charge in [-0.1, -0.05) is 0 Å². The zero-order valence-electron chi connectivity index (χ0n) is 17.3. The fourth-order valence-corrected chi connectivity index (χ4v) is 5.05. The minimum atomic E-state index is 0.395. The van der Waals surface area contributed by atoms with Crippen molar-refractivity contribution in [3.05, 3.63) is 120 Å². The van der Waals surface area contributed by atoms with Crippen LogP contribution < -0.4 is 9.13 Å². The van der Waals surface area contributed by atoms with Gasteiger partial charge in [0.25, 0.3) is 0 Å². The molecule has 4 aromatic heterocycles. The van der Waals surface area contributed by atoms with Crippen LogP contribution in [0.1, 0.15) is 45.9 Å². The molecule has 1 saturated carbocycles. The Morgan fingerprint density at radius 3 is 1.03 bits per heavy atom. The minimum Gasteiger partial charge on any atom is -0.265 e. The molecule has 30 heavy (non-hydrogen) atoms. The Morgan fingerprint density at radius 2 is 0.733 bits per heavy atom. The van der Waals surface area contributed by atoms with E-state index in [0.29, 0.717) is 23.7 Å². The van der Waals surface area contributed by atoms with E-state index in [2.05, 4.69) is 107 Å². The zero-order valence-corrected chi connectivity index (χ0v) is 17.3. The highest BCUT2D eigenvalue weighted by Crippen LogP contribution is 2.66. The van der Waals surface area contributed by atoms with Crippen LogP contribution in [0.2, 0.25) is 0 Å². The Bertz CT molecular complexity index is 1010. The smallest absolute Gasteiger partial charge is 0.168 e. The molecule has 4 nitrogen and oxygen atoms in total. The molecule has 0 N–H and O–H groups in total. The maximum absolute atomic E-state index is 4.27. The van der Waals surface area contributed by atoms with Crippen LogP contribution in [0.25, 0.3) is 0 Å². The molecule has 1 aliphatic carbocycles. The summed E-state index contributed by atoms with van der Waals surface area (Å²) in [7, 11) is 4.13. The van der Waals surface area contributed by atoms with Gasteiger partial charge in [0.2, 0.25) is 0 Å². The van der Waals surface area contributed by atoms with Crippen molar-refractivity contribution >= 4 is 0 Å². The molecule has 1 aliphatic rings. The van der Waals surface area contributed by atoms with E-state index in [9.17, 15) is 0 Å². The monoisotopic (exact) mass is 394 g/mol. The lowest BCUT2D eigenvalue weighted by molar-refractivity contribution is -0.671. The highest BCUT2D eigenvalue weighted by molar-refractivity contribution is 5.46. The Balaban J connectivity index is 1.67. The molecule has 4 heteroatoms. The summed E-state index contributed by atoms with van der Waals surface area (Å²) in [6.07, 6.45) is 16.3. The lowest BCUT2D eigenvalue weighted by atomic mass is 9.49. The molecule has 148 valence electrons. The number of rotatable bonds is 4. The minimum absolute atomic E-state index is 0.395. The second kappa shape index (κ2) is 7.79. The largest absolute Gasteiger partial charge is 0.265 e. The van der Waals surface area contributed by atoms with E-state index >= 15 is 0 Å². The molecule has 4 heterocycles. The number of hydrogen-bond donors (Lipinski definition) is 0. The Kier molecular flexibility index (Phi) is 4.83. The van der Waals surface area contributed by atoms with Crippen molar-refractivity contribution in [2.75, 3.05) is 0 Å². The number of nitrogens with zero attached hydrogens (tertiary/aromatic N) is 4. The van der Waals surface area contributed by atoms with Gasteiger partial charge >= 0.3 is 0 Å². The molecule has 0 saturated heterocycles. The Hall–Kier alpha value is -3.40. The van der Waals surface area contributed by atoms with Gasteiger partial charge in [0.15, 0.2) is 24.8 Å². The third-order valence-electron chi connectivity index (χ3n) is 6.51. The van der Waals surface area contributed by atoms with Gasteiger partial charge in [-0.05, 0) is 70.2 Å². The quantitative estimate of drug-likeness (QED) is 0.496. The van der Waals surface area contributed by atoms with E-state index in [1.54, 1.807) is 0 Å². The standard InChI is InChI=1S/C26H26N4/c1-29-15-7-21(8-16-29)25-23(19-3-11-27-12-4-19)26(22-9-17-30(2)18-10-22)24(25)20-5-13-28-14-6-20/h3-18,23-26H,1-2H3/q+2. The third-order valence-corrected chi connectivity index (χ3v) is 6.51.